The average Bonchev–Trinajstić information content (AvgIpc) is 2.86. The summed E-state index contributed by atoms with van der Waals surface area (Å²) >= 11 is 0. The van der Waals surface area contributed by atoms with E-state index < -0.39 is 0 Å². The maximum Gasteiger partial charge on any atom is 0.141 e. The molecule has 0 radical (unpaired) electrons. The molecule has 7 heteroatoms. The summed E-state index contributed by atoms with van der Waals surface area (Å²) in [5.41, 5.74) is 4.79. The molecule has 0 atom stereocenters. The number of anilines is 2. The Labute approximate surface area is 212 Å². The molecule has 0 amide bonds. The summed E-state index contributed by atoms with van der Waals surface area (Å²) < 4.78 is 12.1. The topological polar surface area (TPSA) is 71.9 Å². The van der Waals surface area contributed by atoms with E-state index >= 15 is 0 Å². The smallest absolute Gasteiger partial charge is 0.141 e. The minimum Gasteiger partial charge on any atom is -0.494 e. The van der Waals surface area contributed by atoms with Crippen molar-refractivity contribution in [3.05, 3.63) is 72.1 Å². The highest BCUT2D eigenvalue weighted by atomic mass is 16.5. The lowest BCUT2D eigenvalue weighted by atomic mass is 10.1. The second kappa shape index (κ2) is 11.6. The lowest BCUT2D eigenvalue weighted by Crippen LogP contribution is -2.15. The van der Waals surface area contributed by atoms with E-state index in [-0.39, 0.29) is 0 Å². The van der Waals surface area contributed by atoms with Crippen LogP contribution in [-0.4, -0.2) is 48.3 Å². The molecule has 0 saturated carbocycles. The van der Waals surface area contributed by atoms with E-state index in [4.69, 9.17) is 9.47 Å². The van der Waals surface area contributed by atoms with Gasteiger partial charge in [-0.15, -0.1) is 0 Å². The Bertz CT molecular complexity index is 1370. The van der Waals surface area contributed by atoms with E-state index in [1.54, 1.807) is 12.5 Å². The lowest BCUT2D eigenvalue weighted by molar-refractivity contribution is 0.282. The molecule has 4 aromatic rings. The van der Waals surface area contributed by atoms with E-state index in [0.29, 0.717) is 6.61 Å². The summed E-state index contributed by atoms with van der Waals surface area (Å²) in [6.07, 6.45) is 4.32. The highest BCUT2D eigenvalue weighted by Crippen LogP contribution is 2.33. The van der Waals surface area contributed by atoms with E-state index in [1.807, 2.05) is 75.4 Å². The van der Waals surface area contributed by atoms with Crippen LogP contribution in [0.15, 0.2) is 65.9 Å². The van der Waals surface area contributed by atoms with Crippen LogP contribution in [0.25, 0.3) is 10.9 Å². The summed E-state index contributed by atoms with van der Waals surface area (Å²) in [7, 11) is 4.12. The first-order valence-corrected chi connectivity index (χ1v) is 12.1. The Morgan fingerprint density at radius 2 is 1.78 bits per heavy atom. The first kappa shape index (κ1) is 25.1. The summed E-state index contributed by atoms with van der Waals surface area (Å²) in [6, 6.07) is 17.8. The SMILES string of the molecule is CC=Nc1cc(Oc2ccc(Nc3ncnc4ccc(OCCCN(C)C)cc34)cc2C)ccc1C. The van der Waals surface area contributed by atoms with Crippen LogP contribution in [0.3, 0.4) is 0 Å². The van der Waals surface area contributed by atoms with E-state index in [1.165, 1.54) is 0 Å². The molecule has 0 fully saturated rings. The zero-order valence-electron chi connectivity index (χ0n) is 21.6. The van der Waals surface area contributed by atoms with Gasteiger partial charge in [0.25, 0.3) is 0 Å². The highest BCUT2D eigenvalue weighted by molar-refractivity contribution is 5.91. The van der Waals surface area contributed by atoms with Crippen molar-refractivity contribution in [1.82, 2.24) is 14.9 Å². The third-order valence-corrected chi connectivity index (χ3v) is 5.74. The van der Waals surface area contributed by atoms with Crippen LogP contribution >= 0.6 is 0 Å². The molecule has 0 spiro atoms. The second-order valence-corrected chi connectivity index (χ2v) is 8.95. The highest BCUT2D eigenvalue weighted by Gasteiger charge is 2.09. The molecule has 1 N–H and O–H groups in total. The third-order valence-electron chi connectivity index (χ3n) is 5.74. The number of aromatic nitrogens is 2. The van der Waals surface area contributed by atoms with Gasteiger partial charge in [0, 0.05) is 29.9 Å². The van der Waals surface area contributed by atoms with Gasteiger partial charge in [-0.2, -0.15) is 0 Å². The molecule has 0 aliphatic rings. The van der Waals surface area contributed by atoms with Crippen molar-refractivity contribution in [2.24, 2.45) is 4.99 Å². The second-order valence-electron chi connectivity index (χ2n) is 8.95. The molecule has 4 rings (SSSR count). The van der Waals surface area contributed by atoms with Gasteiger partial charge in [0.1, 0.15) is 29.4 Å². The Balaban J connectivity index is 1.50. The standard InChI is InChI=1S/C29H33N5O2/c1-6-30-27-18-24(10-8-20(27)2)36-28-13-9-22(16-21(28)3)33-29-25-17-23(35-15-7-14-34(4)5)11-12-26(25)31-19-32-29/h6,8-13,16-19H,7,14-15H2,1-5H3,(H,31,32,33). The summed E-state index contributed by atoms with van der Waals surface area (Å²) in [5, 5.41) is 4.34. The predicted molar refractivity (Wildman–Crippen MR) is 148 cm³/mol. The number of ether oxygens (including phenoxy) is 2. The van der Waals surface area contributed by atoms with Gasteiger partial charge in [0.15, 0.2) is 0 Å². The number of aliphatic imine (C=N–C) groups is 1. The van der Waals surface area contributed by atoms with Gasteiger partial charge >= 0.3 is 0 Å². The van der Waals surface area contributed by atoms with Crippen molar-refractivity contribution in [3.8, 4) is 17.2 Å². The van der Waals surface area contributed by atoms with Gasteiger partial charge < -0.3 is 19.7 Å². The molecule has 3 aromatic carbocycles. The number of benzene rings is 3. The number of hydrogen-bond acceptors (Lipinski definition) is 7. The van der Waals surface area contributed by atoms with Crippen LogP contribution in [0.1, 0.15) is 24.5 Å². The van der Waals surface area contributed by atoms with E-state index in [9.17, 15) is 0 Å². The monoisotopic (exact) mass is 483 g/mol. The first-order valence-electron chi connectivity index (χ1n) is 12.1. The van der Waals surface area contributed by atoms with Crippen molar-refractivity contribution < 1.29 is 9.47 Å². The summed E-state index contributed by atoms with van der Waals surface area (Å²) in [5.74, 6) is 3.08. The Morgan fingerprint density at radius 1 is 0.944 bits per heavy atom. The maximum atomic E-state index is 6.16. The average molecular weight is 484 g/mol. The predicted octanol–water partition coefficient (Wildman–Crippen LogP) is 6.84. The van der Waals surface area contributed by atoms with Crippen molar-refractivity contribution in [2.75, 3.05) is 32.6 Å². The quantitative estimate of drug-likeness (QED) is 0.197. The lowest BCUT2D eigenvalue weighted by Gasteiger charge is -2.14. The van der Waals surface area contributed by atoms with Crippen LogP contribution in [0.5, 0.6) is 17.2 Å². The van der Waals surface area contributed by atoms with Crippen LogP contribution in [-0.2, 0) is 0 Å². The van der Waals surface area contributed by atoms with Crippen LogP contribution < -0.4 is 14.8 Å². The zero-order valence-corrected chi connectivity index (χ0v) is 21.6. The molecule has 0 bridgehead atoms. The van der Waals surface area contributed by atoms with Gasteiger partial charge in [0.05, 0.1) is 17.8 Å². The van der Waals surface area contributed by atoms with Gasteiger partial charge in [-0.3, -0.25) is 4.99 Å². The molecule has 36 heavy (non-hydrogen) atoms. The molecule has 0 unspecified atom stereocenters. The number of aryl methyl sites for hydroxylation is 2. The normalized spacial score (nSPS) is 11.4. The maximum absolute atomic E-state index is 6.16. The number of hydrogen-bond donors (Lipinski definition) is 1. The fourth-order valence-electron chi connectivity index (χ4n) is 3.83. The number of nitrogens with one attached hydrogen (secondary N) is 1. The third kappa shape index (κ3) is 6.37. The van der Waals surface area contributed by atoms with E-state index in [0.717, 1.165) is 69.4 Å². The van der Waals surface area contributed by atoms with Crippen molar-refractivity contribution >= 4 is 34.3 Å². The van der Waals surface area contributed by atoms with Crippen LogP contribution in [0.2, 0.25) is 0 Å². The molecule has 1 heterocycles. The number of fused-ring (bicyclic) bond motifs is 1. The Hall–Kier alpha value is -3.97. The van der Waals surface area contributed by atoms with Gasteiger partial charge in [-0.1, -0.05) is 6.07 Å². The molecule has 0 saturated heterocycles. The van der Waals surface area contributed by atoms with Gasteiger partial charge in [-0.25, -0.2) is 9.97 Å². The van der Waals surface area contributed by atoms with E-state index in [2.05, 4.69) is 39.3 Å². The molecule has 0 aliphatic carbocycles. The molecule has 0 aliphatic heterocycles. The van der Waals surface area contributed by atoms with Crippen molar-refractivity contribution in [1.29, 1.82) is 0 Å². The van der Waals surface area contributed by atoms with Crippen LogP contribution in [0.4, 0.5) is 17.2 Å². The Kier molecular flexibility index (Phi) is 8.13. The fourth-order valence-corrected chi connectivity index (χ4v) is 3.83. The van der Waals surface area contributed by atoms with Crippen molar-refractivity contribution in [2.45, 2.75) is 27.2 Å². The first-order chi connectivity index (χ1) is 17.4. The minimum atomic E-state index is 0.661. The summed E-state index contributed by atoms with van der Waals surface area (Å²) in [6.45, 7) is 7.62. The summed E-state index contributed by atoms with van der Waals surface area (Å²) in [4.78, 5) is 15.5. The van der Waals surface area contributed by atoms with Crippen molar-refractivity contribution in [3.63, 3.8) is 0 Å². The largest absolute Gasteiger partial charge is 0.494 e. The molecule has 7 nitrogen and oxygen atoms in total. The molecular formula is C29H33N5O2. The number of nitrogens with zero attached hydrogens (tertiary/aromatic N) is 4. The minimum absolute atomic E-state index is 0.661. The fraction of sp³-hybridized carbons (Fsp3) is 0.276. The van der Waals surface area contributed by atoms with Gasteiger partial charge in [-0.05, 0) is 94.9 Å². The molecule has 186 valence electrons. The Morgan fingerprint density at radius 3 is 2.56 bits per heavy atom. The zero-order chi connectivity index (χ0) is 25.5. The van der Waals surface area contributed by atoms with Crippen LogP contribution in [0, 0.1) is 13.8 Å². The van der Waals surface area contributed by atoms with Gasteiger partial charge in [0.2, 0.25) is 0 Å². The molecular weight excluding hydrogens is 450 g/mol. The molecule has 1 aromatic heterocycles. The number of rotatable bonds is 10.